The molecule has 1 rings (SSSR count). The standard InChI is InChI=1S/C15H28BrN3/c1-6-11(4)9-12(17-8-3)10-14-15(16)13(7-2)18-19(14)5/h11-12,17H,6-10H2,1-5H3. The lowest BCUT2D eigenvalue weighted by atomic mass is 9.96. The van der Waals surface area contributed by atoms with Crippen LogP contribution >= 0.6 is 15.9 Å². The molecule has 0 aliphatic heterocycles. The number of hydrogen-bond acceptors (Lipinski definition) is 2. The fourth-order valence-corrected chi connectivity index (χ4v) is 3.23. The quantitative estimate of drug-likeness (QED) is 0.788. The highest BCUT2D eigenvalue weighted by Gasteiger charge is 2.18. The first kappa shape index (κ1) is 16.7. The molecule has 0 aromatic carbocycles. The average Bonchev–Trinajstić information content (AvgIpc) is 2.66. The molecule has 0 saturated heterocycles. The molecule has 2 unspecified atom stereocenters. The molecule has 0 fully saturated rings. The minimum Gasteiger partial charge on any atom is -0.314 e. The molecule has 1 N–H and O–H groups in total. The SMILES string of the molecule is CCNC(Cc1c(Br)c(CC)nn1C)CC(C)CC. The van der Waals surface area contributed by atoms with E-state index >= 15 is 0 Å². The Labute approximate surface area is 126 Å². The van der Waals surface area contributed by atoms with E-state index in [4.69, 9.17) is 0 Å². The smallest absolute Gasteiger partial charge is 0.0766 e. The van der Waals surface area contributed by atoms with E-state index in [0.717, 1.165) is 31.0 Å². The van der Waals surface area contributed by atoms with Crippen molar-refractivity contribution < 1.29 is 0 Å². The molecular weight excluding hydrogens is 302 g/mol. The van der Waals surface area contributed by atoms with Gasteiger partial charge in [0.05, 0.1) is 15.9 Å². The van der Waals surface area contributed by atoms with Crippen LogP contribution < -0.4 is 5.32 Å². The zero-order valence-corrected chi connectivity index (χ0v) is 14.5. The molecular formula is C15H28BrN3. The monoisotopic (exact) mass is 329 g/mol. The van der Waals surface area contributed by atoms with Crippen LogP contribution in [0, 0.1) is 5.92 Å². The van der Waals surface area contributed by atoms with Gasteiger partial charge in [0, 0.05) is 19.5 Å². The summed E-state index contributed by atoms with van der Waals surface area (Å²) >= 11 is 3.71. The van der Waals surface area contributed by atoms with Crippen molar-refractivity contribution in [1.29, 1.82) is 0 Å². The summed E-state index contributed by atoms with van der Waals surface area (Å²) < 4.78 is 3.23. The van der Waals surface area contributed by atoms with Crippen molar-refractivity contribution in [2.75, 3.05) is 6.54 Å². The number of nitrogens with zero attached hydrogens (tertiary/aromatic N) is 2. The van der Waals surface area contributed by atoms with Gasteiger partial charge in [-0.05, 0) is 41.2 Å². The van der Waals surface area contributed by atoms with Crippen LogP contribution in [0.2, 0.25) is 0 Å². The van der Waals surface area contributed by atoms with Crippen molar-refractivity contribution in [3.8, 4) is 0 Å². The first-order valence-corrected chi connectivity index (χ1v) is 8.26. The van der Waals surface area contributed by atoms with Gasteiger partial charge in [-0.25, -0.2) is 0 Å². The van der Waals surface area contributed by atoms with E-state index in [1.54, 1.807) is 0 Å². The van der Waals surface area contributed by atoms with Crippen LogP contribution in [0.5, 0.6) is 0 Å². The predicted molar refractivity (Wildman–Crippen MR) is 85.5 cm³/mol. The molecule has 0 saturated carbocycles. The lowest BCUT2D eigenvalue weighted by Gasteiger charge is -2.21. The molecule has 4 heteroatoms. The van der Waals surface area contributed by atoms with Crippen molar-refractivity contribution in [1.82, 2.24) is 15.1 Å². The second kappa shape index (κ2) is 8.05. The van der Waals surface area contributed by atoms with Crippen LogP contribution in [0.1, 0.15) is 51.9 Å². The topological polar surface area (TPSA) is 29.9 Å². The second-order valence-corrected chi connectivity index (χ2v) is 6.19. The number of nitrogens with one attached hydrogen (secondary N) is 1. The van der Waals surface area contributed by atoms with Crippen molar-refractivity contribution in [3.05, 3.63) is 15.9 Å². The molecule has 1 aromatic rings. The van der Waals surface area contributed by atoms with Crippen LogP contribution in [0.25, 0.3) is 0 Å². The Hall–Kier alpha value is -0.350. The van der Waals surface area contributed by atoms with Crippen molar-refractivity contribution >= 4 is 15.9 Å². The molecule has 0 radical (unpaired) electrons. The first-order chi connectivity index (χ1) is 9.03. The Balaban J connectivity index is 2.81. The minimum absolute atomic E-state index is 0.538. The number of aryl methyl sites for hydroxylation is 2. The second-order valence-electron chi connectivity index (χ2n) is 5.39. The maximum Gasteiger partial charge on any atom is 0.0766 e. The Kier molecular flexibility index (Phi) is 7.08. The molecule has 19 heavy (non-hydrogen) atoms. The summed E-state index contributed by atoms with van der Waals surface area (Å²) in [5.41, 5.74) is 2.47. The number of likely N-dealkylation sites (N-methyl/N-ethyl adjacent to an activating group) is 1. The van der Waals surface area contributed by atoms with Gasteiger partial charge >= 0.3 is 0 Å². The molecule has 2 atom stereocenters. The Morgan fingerprint density at radius 1 is 1.32 bits per heavy atom. The van der Waals surface area contributed by atoms with E-state index < -0.39 is 0 Å². The number of aromatic nitrogens is 2. The average molecular weight is 330 g/mol. The van der Waals surface area contributed by atoms with Crippen LogP contribution in [-0.4, -0.2) is 22.4 Å². The van der Waals surface area contributed by atoms with E-state index in [9.17, 15) is 0 Å². The molecule has 0 spiro atoms. The van der Waals surface area contributed by atoms with Gasteiger partial charge in [0.1, 0.15) is 0 Å². The summed E-state index contributed by atoms with van der Waals surface area (Å²) in [4.78, 5) is 0. The summed E-state index contributed by atoms with van der Waals surface area (Å²) in [6.45, 7) is 9.96. The van der Waals surface area contributed by atoms with Gasteiger partial charge < -0.3 is 5.32 Å². The number of hydrogen-bond donors (Lipinski definition) is 1. The maximum absolute atomic E-state index is 4.58. The highest BCUT2D eigenvalue weighted by Crippen LogP contribution is 2.24. The first-order valence-electron chi connectivity index (χ1n) is 7.46. The van der Waals surface area contributed by atoms with E-state index in [2.05, 4.69) is 54.0 Å². The van der Waals surface area contributed by atoms with E-state index in [-0.39, 0.29) is 0 Å². The van der Waals surface area contributed by atoms with Gasteiger partial charge in [0.15, 0.2) is 0 Å². The third-order valence-corrected chi connectivity index (χ3v) is 4.73. The molecule has 0 amide bonds. The zero-order valence-electron chi connectivity index (χ0n) is 13.0. The molecule has 1 aromatic heterocycles. The van der Waals surface area contributed by atoms with Gasteiger partial charge in [-0.3, -0.25) is 4.68 Å². The van der Waals surface area contributed by atoms with Gasteiger partial charge in [0.25, 0.3) is 0 Å². The third-order valence-electron chi connectivity index (χ3n) is 3.82. The summed E-state index contributed by atoms with van der Waals surface area (Å²) in [5, 5.41) is 8.20. The highest BCUT2D eigenvalue weighted by atomic mass is 79.9. The van der Waals surface area contributed by atoms with E-state index in [1.807, 2.05) is 11.7 Å². The Morgan fingerprint density at radius 2 is 2.00 bits per heavy atom. The number of halogens is 1. The van der Waals surface area contributed by atoms with Crippen molar-refractivity contribution in [3.63, 3.8) is 0 Å². The number of rotatable bonds is 8. The normalized spacial score (nSPS) is 14.6. The maximum atomic E-state index is 4.58. The van der Waals surface area contributed by atoms with Crippen molar-refractivity contribution in [2.45, 2.75) is 59.4 Å². The van der Waals surface area contributed by atoms with Crippen LogP contribution in [0.3, 0.4) is 0 Å². The van der Waals surface area contributed by atoms with E-state index in [1.165, 1.54) is 23.0 Å². The zero-order chi connectivity index (χ0) is 14.4. The Morgan fingerprint density at radius 3 is 2.47 bits per heavy atom. The van der Waals surface area contributed by atoms with Gasteiger partial charge in [-0.15, -0.1) is 0 Å². The highest BCUT2D eigenvalue weighted by molar-refractivity contribution is 9.10. The van der Waals surface area contributed by atoms with Crippen molar-refractivity contribution in [2.24, 2.45) is 13.0 Å². The lowest BCUT2D eigenvalue weighted by Crippen LogP contribution is -2.33. The molecule has 0 bridgehead atoms. The molecule has 1 heterocycles. The fourth-order valence-electron chi connectivity index (χ4n) is 2.45. The van der Waals surface area contributed by atoms with Crippen LogP contribution in [0.4, 0.5) is 0 Å². The third kappa shape index (κ3) is 4.60. The predicted octanol–water partition coefficient (Wildman–Crippen LogP) is 3.70. The van der Waals surface area contributed by atoms with Crippen LogP contribution in [-0.2, 0) is 19.9 Å². The van der Waals surface area contributed by atoms with Crippen LogP contribution in [0.15, 0.2) is 4.47 Å². The Bertz CT molecular complexity index is 387. The summed E-state index contributed by atoms with van der Waals surface area (Å²) in [7, 11) is 2.05. The molecule has 110 valence electrons. The summed E-state index contributed by atoms with van der Waals surface area (Å²) in [6.07, 6.45) is 4.49. The largest absolute Gasteiger partial charge is 0.314 e. The summed E-state index contributed by atoms with van der Waals surface area (Å²) in [5.74, 6) is 0.765. The van der Waals surface area contributed by atoms with Gasteiger partial charge in [-0.2, -0.15) is 5.10 Å². The fraction of sp³-hybridized carbons (Fsp3) is 0.800. The van der Waals surface area contributed by atoms with E-state index in [0.29, 0.717) is 6.04 Å². The molecule has 3 nitrogen and oxygen atoms in total. The summed E-state index contributed by atoms with van der Waals surface area (Å²) in [6, 6.07) is 0.538. The van der Waals surface area contributed by atoms with Gasteiger partial charge in [-0.1, -0.05) is 34.1 Å². The van der Waals surface area contributed by atoms with Gasteiger partial charge in [0.2, 0.25) is 0 Å². The minimum atomic E-state index is 0.538. The lowest BCUT2D eigenvalue weighted by molar-refractivity contribution is 0.391. The molecule has 0 aliphatic carbocycles. The molecule has 0 aliphatic rings.